The van der Waals surface area contributed by atoms with Gasteiger partial charge in [-0.25, -0.2) is 4.79 Å². The summed E-state index contributed by atoms with van der Waals surface area (Å²) in [4.78, 5) is 26.6. The van der Waals surface area contributed by atoms with Crippen molar-refractivity contribution < 1.29 is 14.3 Å². The number of anilines is 3. The molecule has 0 aromatic heterocycles. The molecule has 2 aromatic rings. The number of carbonyl (C=O) groups excluding carboxylic acids is 2. The SMILES string of the molecule is CNCC(=O)N1c2ccccc2CCc2ccc(NC(=O)OC(C)C)cc21. The zero-order valence-corrected chi connectivity index (χ0v) is 15.9. The molecule has 2 aromatic carbocycles. The third-order valence-electron chi connectivity index (χ3n) is 4.39. The van der Waals surface area contributed by atoms with Crippen molar-refractivity contribution in [3.8, 4) is 0 Å². The predicted molar refractivity (Wildman–Crippen MR) is 107 cm³/mol. The van der Waals surface area contributed by atoms with E-state index in [0.29, 0.717) is 5.69 Å². The van der Waals surface area contributed by atoms with Gasteiger partial charge in [-0.05, 0) is 63.1 Å². The van der Waals surface area contributed by atoms with E-state index in [1.54, 1.807) is 25.8 Å². The number of ether oxygens (including phenoxy) is 1. The molecule has 0 spiro atoms. The van der Waals surface area contributed by atoms with E-state index in [9.17, 15) is 9.59 Å². The minimum atomic E-state index is -0.507. The van der Waals surface area contributed by atoms with Gasteiger partial charge in [0, 0.05) is 5.69 Å². The smallest absolute Gasteiger partial charge is 0.411 e. The van der Waals surface area contributed by atoms with Gasteiger partial charge in [-0.2, -0.15) is 0 Å². The lowest BCUT2D eigenvalue weighted by Crippen LogP contribution is -2.34. The monoisotopic (exact) mass is 367 g/mol. The first-order valence-corrected chi connectivity index (χ1v) is 9.15. The number of para-hydroxylation sites is 1. The Balaban J connectivity index is 2.01. The average Bonchev–Trinajstić information content (AvgIpc) is 2.77. The van der Waals surface area contributed by atoms with E-state index < -0.39 is 6.09 Å². The summed E-state index contributed by atoms with van der Waals surface area (Å²) in [5, 5.41) is 5.68. The number of aryl methyl sites for hydroxylation is 2. The van der Waals surface area contributed by atoms with E-state index in [-0.39, 0.29) is 18.6 Å². The molecule has 142 valence electrons. The van der Waals surface area contributed by atoms with Gasteiger partial charge in [0.15, 0.2) is 0 Å². The van der Waals surface area contributed by atoms with Crippen LogP contribution >= 0.6 is 0 Å². The highest BCUT2D eigenvalue weighted by atomic mass is 16.6. The van der Waals surface area contributed by atoms with Crippen molar-refractivity contribution in [1.82, 2.24) is 5.32 Å². The number of amides is 2. The standard InChI is InChI=1S/C21H25N3O3/c1-14(2)27-21(26)23-17-11-10-16-9-8-15-6-4-5-7-18(15)24(19(16)12-17)20(25)13-22-3/h4-7,10-12,14,22H,8-9,13H2,1-3H3,(H,23,26). The third kappa shape index (κ3) is 4.28. The number of rotatable bonds is 4. The van der Waals surface area contributed by atoms with Gasteiger partial charge in [0.05, 0.1) is 24.0 Å². The van der Waals surface area contributed by atoms with Crippen molar-refractivity contribution in [2.24, 2.45) is 0 Å². The van der Waals surface area contributed by atoms with E-state index in [0.717, 1.165) is 35.3 Å². The fourth-order valence-electron chi connectivity index (χ4n) is 3.26. The van der Waals surface area contributed by atoms with Crippen LogP contribution in [0.5, 0.6) is 0 Å². The van der Waals surface area contributed by atoms with E-state index in [1.807, 2.05) is 36.4 Å². The second-order valence-corrected chi connectivity index (χ2v) is 6.81. The first kappa shape index (κ1) is 18.9. The van der Waals surface area contributed by atoms with Crippen molar-refractivity contribution >= 4 is 29.1 Å². The van der Waals surface area contributed by atoms with Crippen LogP contribution in [-0.2, 0) is 22.4 Å². The third-order valence-corrected chi connectivity index (χ3v) is 4.39. The highest BCUT2D eigenvalue weighted by molar-refractivity contribution is 6.04. The highest BCUT2D eigenvalue weighted by Gasteiger charge is 2.25. The number of fused-ring (bicyclic) bond motifs is 2. The molecular weight excluding hydrogens is 342 g/mol. The maximum absolute atomic E-state index is 12.9. The second kappa shape index (κ2) is 8.22. The van der Waals surface area contributed by atoms with Crippen LogP contribution in [0.3, 0.4) is 0 Å². The van der Waals surface area contributed by atoms with Crippen molar-refractivity contribution in [2.45, 2.75) is 32.8 Å². The maximum atomic E-state index is 12.9. The second-order valence-electron chi connectivity index (χ2n) is 6.81. The number of nitrogens with one attached hydrogen (secondary N) is 2. The Morgan fingerprint density at radius 3 is 2.48 bits per heavy atom. The molecule has 2 N–H and O–H groups in total. The molecule has 0 saturated carbocycles. The molecule has 6 nitrogen and oxygen atoms in total. The molecule has 3 rings (SSSR count). The minimum absolute atomic E-state index is 0.0463. The molecular formula is C21H25N3O3. The molecule has 1 heterocycles. The lowest BCUT2D eigenvalue weighted by atomic mass is 10.0. The molecule has 0 saturated heterocycles. The van der Waals surface area contributed by atoms with Crippen LogP contribution in [0.2, 0.25) is 0 Å². The number of likely N-dealkylation sites (N-methyl/N-ethyl adjacent to an activating group) is 1. The lowest BCUT2D eigenvalue weighted by Gasteiger charge is -2.25. The van der Waals surface area contributed by atoms with Crippen molar-refractivity contribution in [1.29, 1.82) is 0 Å². The summed E-state index contributed by atoms with van der Waals surface area (Å²) >= 11 is 0. The highest BCUT2D eigenvalue weighted by Crippen LogP contribution is 2.37. The molecule has 1 aliphatic rings. The van der Waals surface area contributed by atoms with Gasteiger partial charge < -0.3 is 10.1 Å². The molecule has 0 aliphatic carbocycles. The van der Waals surface area contributed by atoms with Crippen LogP contribution in [0.1, 0.15) is 25.0 Å². The fourth-order valence-corrected chi connectivity index (χ4v) is 3.26. The van der Waals surface area contributed by atoms with Crippen molar-refractivity contribution in [3.05, 3.63) is 53.6 Å². The van der Waals surface area contributed by atoms with Crippen molar-refractivity contribution in [3.63, 3.8) is 0 Å². The molecule has 0 atom stereocenters. The van der Waals surface area contributed by atoms with Gasteiger partial charge in [-0.3, -0.25) is 15.0 Å². The minimum Gasteiger partial charge on any atom is -0.447 e. The molecule has 0 unspecified atom stereocenters. The maximum Gasteiger partial charge on any atom is 0.411 e. The zero-order chi connectivity index (χ0) is 19.4. The topological polar surface area (TPSA) is 70.7 Å². The molecule has 2 amide bonds. The van der Waals surface area contributed by atoms with Gasteiger partial charge in [0.2, 0.25) is 5.91 Å². The average molecular weight is 367 g/mol. The van der Waals surface area contributed by atoms with E-state index >= 15 is 0 Å². The molecule has 6 heteroatoms. The van der Waals surface area contributed by atoms with Gasteiger partial charge in [0.1, 0.15) is 0 Å². The van der Waals surface area contributed by atoms with Gasteiger partial charge in [0.25, 0.3) is 0 Å². The fraction of sp³-hybridized carbons (Fsp3) is 0.333. The summed E-state index contributed by atoms with van der Waals surface area (Å²) in [6.45, 7) is 3.82. The van der Waals surface area contributed by atoms with E-state index in [1.165, 1.54) is 0 Å². The molecule has 0 fully saturated rings. The number of hydrogen-bond acceptors (Lipinski definition) is 4. The normalized spacial score (nSPS) is 12.8. The first-order valence-electron chi connectivity index (χ1n) is 9.15. The summed E-state index contributed by atoms with van der Waals surface area (Å²) in [7, 11) is 1.75. The Hall–Kier alpha value is -2.86. The molecule has 27 heavy (non-hydrogen) atoms. The quantitative estimate of drug-likeness (QED) is 0.866. The van der Waals surface area contributed by atoms with Gasteiger partial charge in [-0.15, -0.1) is 0 Å². The summed E-state index contributed by atoms with van der Waals surface area (Å²) in [5.41, 5.74) is 4.48. The number of carbonyl (C=O) groups is 2. The van der Waals surface area contributed by atoms with Gasteiger partial charge >= 0.3 is 6.09 Å². The van der Waals surface area contributed by atoms with Crippen LogP contribution in [0.4, 0.5) is 21.9 Å². The Kier molecular flexibility index (Phi) is 5.76. The Labute approximate surface area is 159 Å². The van der Waals surface area contributed by atoms with Crippen LogP contribution in [0.25, 0.3) is 0 Å². The number of nitrogens with zero attached hydrogens (tertiary/aromatic N) is 1. The summed E-state index contributed by atoms with van der Waals surface area (Å²) in [6.07, 6.45) is 0.972. The Bertz CT molecular complexity index is 848. The van der Waals surface area contributed by atoms with E-state index in [4.69, 9.17) is 4.74 Å². The van der Waals surface area contributed by atoms with Crippen LogP contribution in [0, 0.1) is 0 Å². The summed E-state index contributed by atoms with van der Waals surface area (Å²) < 4.78 is 5.15. The summed E-state index contributed by atoms with van der Waals surface area (Å²) in [6, 6.07) is 13.6. The van der Waals surface area contributed by atoms with Gasteiger partial charge in [-0.1, -0.05) is 24.3 Å². The zero-order valence-electron chi connectivity index (χ0n) is 15.9. The Morgan fingerprint density at radius 2 is 1.78 bits per heavy atom. The lowest BCUT2D eigenvalue weighted by molar-refractivity contribution is -0.117. The largest absolute Gasteiger partial charge is 0.447 e. The molecule has 0 radical (unpaired) electrons. The number of hydrogen-bond donors (Lipinski definition) is 2. The molecule has 1 aliphatic heterocycles. The van der Waals surface area contributed by atoms with Crippen LogP contribution < -0.4 is 15.5 Å². The molecule has 0 bridgehead atoms. The summed E-state index contributed by atoms with van der Waals surface area (Å²) in [5.74, 6) is -0.0463. The predicted octanol–water partition coefficient (Wildman–Crippen LogP) is 3.63. The van der Waals surface area contributed by atoms with Crippen LogP contribution in [-0.4, -0.2) is 31.7 Å². The number of benzene rings is 2. The van der Waals surface area contributed by atoms with Crippen molar-refractivity contribution in [2.75, 3.05) is 23.8 Å². The Morgan fingerprint density at radius 1 is 1.07 bits per heavy atom. The first-order chi connectivity index (χ1) is 13.0. The van der Waals surface area contributed by atoms with E-state index in [2.05, 4.69) is 16.7 Å². The van der Waals surface area contributed by atoms with Crippen LogP contribution in [0.15, 0.2) is 42.5 Å².